The van der Waals surface area contributed by atoms with Gasteiger partial charge in [-0.1, -0.05) is 30.3 Å². The number of carbonyl (C=O) groups is 1. The van der Waals surface area contributed by atoms with E-state index in [2.05, 4.69) is 20.5 Å². The van der Waals surface area contributed by atoms with Crippen LogP contribution < -0.4 is 5.32 Å². The molecule has 0 aliphatic rings. The van der Waals surface area contributed by atoms with Gasteiger partial charge in [-0.3, -0.25) is 9.48 Å². The highest BCUT2D eigenvalue weighted by atomic mass is 19.4. The van der Waals surface area contributed by atoms with E-state index in [1.165, 1.54) is 6.07 Å². The van der Waals surface area contributed by atoms with Gasteiger partial charge in [0.2, 0.25) is 0 Å². The minimum Gasteiger partial charge on any atom is -0.346 e. The van der Waals surface area contributed by atoms with Crippen molar-refractivity contribution >= 4 is 11.6 Å². The van der Waals surface area contributed by atoms with Crippen molar-refractivity contribution in [1.29, 1.82) is 0 Å². The summed E-state index contributed by atoms with van der Waals surface area (Å²) in [5.41, 5.74) is 1.01. The molecule has 0 bridgehead atoms. The van der Waals surface area contributed by atoms with E-state index >= 15 is 0 Å². The van der Waals surface area contributed by atoms with Gasteiger partial charge in [-0.05, 0) is 13.0 Å². The molecule has 0 radical (unpaired) electrons. The van der Waals surface area contributed by atoms with Crippen molar-refractivity contribution in [3.05, 3.63) is 71.3 Å². The second-order valence-electron chi connectivity index (χ2n) is 6.79. The lowest BCUT2D eigenvalue weighted by molar-refractivity contribution is -0.142. The number of aryl methyl sites for hydroxylation is 2. The van der Waals surface area contributed by atoms with Gasteiger partial charge in [-0.25, -0.2) is 9.50 Å². The summed E-state index contributed by atoms with van der Waals surface area (Å²) >= 11 is 0. The third kappa shape index (κ3) is 3.76. The molecule has 10 heteroatoms. The summed E-state index contributed by atoms with van der Waals surface area (Å²) in [6, 6.07) is 10.7. The quantitative estimate of drug-likeness (QED) is 0.555. The number of nitrogens with one attached hydrogen (secondary N) is 1. The van der Waals surface area contributed by atoms with Gasteiger partial charge >= 0.3 is 6.18 Å². The number of hydrogen-bond donors (Lipinski definition) is 1. The number of fused-ring (bicyclic) bond motifs is 1. The van der Waals surface area contributed by atoms with Crippen LogP contribution in [0.4, 0.5) is 13.2 Å². The van der Waals surface area contributed by atoms with Gasteiger partial charge < -0.3 is 5.32 Å². The zero-order valence-electron chi connectivity index (χ0n) is 16.1. The van der Waals surface area contributed by atoms with Crippen LogP contribution in [0.5, 0.6) is 0 Å². The largest absolute Gasteiger partial charge is 0.433 e. The number of alkyl halides is 3. The molecule has 154 valence electrons. The smallest absolute Gasteiger partial charge is 0.346 e. The van der Waals surface area contributed by atoms with Crippen molar-refractivity contribution < 1.29 is 18.0 Å². The Bertz CT molecular complexity index is 1230. The van der Waals surface area contributed by atoms with E-state index in [9.17, 15) is 18.0 Å². The lowest BCUT2D eigenvalue weighted by atomic mass is 10.1. The zero-order valence-corrected chi connectivity index (χ0v) is 16.1. The monoisotopic (exact) mass is 414 g/mol. The SMILES string of the molecule is Cc1nn(C)cc1CNC(=O)c1cc2nc(-c3ccccc3)cc(C(F)(F)F)n2n1. The Labute approximate surface area is 169 Å². The standard InChI is InChI=1S/C20H17F3N6O/c1-12-14(11-28(2)26-12)10-24-19(30)16-9-18-25-15(13-6-4-3-5-7-13)8-17(20(21,22)23)29(18)27-16/h3-9,11H,10H2,1-2H3,(H,24,30). The summed E-state index contributed by atoms with van der Waals surface area (Å²) in [4.78, 5) is 16.8. The molecule has 7 nitrogen and oxygen atoms in total. The average molecular weight is 414 g/mol. The molecule has 0 aliphatic carbocycles. The predicted octanol–water partition coefficient (Wildman–Crippen LogP) is 3.39. The Morgan fingerprint density at radius 1 is 1.13 bits per heavy atom. The molecular formula is C20H17F3N6O. The van der Waals surface area contributed by atoms with Crippen molar-refractivity contribution in [2.75, 3.05) is 0 Å². The molecule has 1 N–H and O–H groups in total. The molecule has 3 aromatic heterocycles. The number of hydrogen-bond acceptors (Lipinski definition) is 4. The second kappa shape index (κ2) is 7.29. The molecule has 0 atom stereocenters. The van der Waals surface area contributed by atoms with E-state index in [1.807, 2.05) is 0 Å². The Kier molecular flexibility index (Phi) is 4.76. The minimum atomic E-state index is -4.67. The minimum absolute atomic E-state index is 0.0635. The van der Waals surface area contributed by atoms with Crippen LogP contribution in [0.25, 0.3) is 16.9 Å². The topological polar surface area (TPSA) is 77.1 Å². The third-order valence-electron chi connectivity index (χ3n) is 4.57. The van der Waals surface area contributed by atoms with Crippen LogP contribution in [0.1, 0.15) is 27.4 Å². The first-order chi connectivity index (χ1) is 14.2. The molecule has 0 unspecified atom stereocenters. The van der Waals surface area contributed by atoms with Crippen molar-refractivity contribution in [3.8, 4) is 11.3 Å². The van der Waals surface area contributed by atoms with Gasteiger partial charge in [0.1, 0.15) is 0 Å². The highest BCUT2D eigenvalue weighted by Crippen LogP contribution is 2.32. The lowest BCUT2D eigenvalue weighted by Crippen LogP contribution is -2.23. The van der Waals surface area contributed by atoms with Crippen LogP contribution in [0.3, 0.4) is 0 Å². The van der Waals surface area contributed by atoms with Crippen molar-refractivity contribution in [2.24, 2.45) is 7.05 Å². The molecule has 4 aromatic rings. The maximum Gasteiger partial charge on any atom is 0.433 e. The van der Waals surface area contributed by atoms with Gasteiger partial charge in [-0.2, -0.15) is 23.4 Å². The number of benzene rings is 1. The van der Waals surface area contributed by atoms with Crippen LogP contribution in [0.15, 0.2) is 48.7 Å². The van der Waals surface area contributed by atoms with Gasteiger partial charge in [0.05, 0.1) is 11.4 Å². The first kappa shape index (κ1) is 19.6. The summed E-state index contributed by atoms with van der Waals surface area (Å²) in [5, 5.41) is 10.7. The first-order valence-corrected chi connectivity index (χ1v) is 9.03. The molecule has 0 spiro atoms. The van der Waals surface area contributed by atoms with Gasteiger partial charge in [0.15, 0.2) is 17.0 Å². The highest BCUT2D eigenvalue weighted by molar-refractivity contribution is 5.93. The molecule has 3 heterocycles. The molecule has 0 saturated carbocycles. The van der Waals surface area contributed by atoms with E-state index in [0.717, 1.165) is 17.3 Å². The molecule has 1 amide bonds. The number of halogens is 3. The molecule has 1 aromatic carbocycles. The highest BCUT2D eigenvalue weighted by Gasteiger charge is 2.35. The maximum absolute atomic E-state index is 13.6. The summed E-state index contributed by atoms with van der Waals surface area (Å²) in [7, 11) is 1.76. The fourth-order valence-corrected chi connectivity index (χ4v) is 3.13. The van der Waals surface area contributed by atoms with Crippen LogP contribution >= 0.6 is 0 Å². The Balaban J connectivity index is 1.70. The van der Waals surface area contributed by atoms with E-state index in [0.29, 0.717) is 10.1 Å². The molecule has 0 aliphatic heterocycles. The summed E-state index contributed by atoms with van der Waals surface area (Å²) in [6.45, 7) is 1.98. The second-order valence-corrected chi connectivity index (χ2v) is 6.79. The molecular weight excluding hydrogens is 397 g/mol. The Hall–Kier alpha value is -3.69. The Morgan fingerprint density at radius 3 is 2.50 bits per heavy atom. The van der Waals surface area contributed by atoms with E-state index < -0.39 is 17.8 Å². The van der Waals surface area contributed by atoms with E-state index in [1.54, 1.807) is 55.2 Å². The first-order valence-electron chi connectivity index (χ1n) is 9.03. The number of carbonyl (C=O) groups excluding carboxylic acids is 1. The van der Waals surface area contributed by atoms with Crippen LogP contribution in [-0.2, 0) is 19.8 Å². The van der Waals surface area contributed by atoms with Crippen molar-refractivity contribution in [2.45, 2.75) is 19.6 Å². The lowest BCUT2D eigenvalue weighted by Gasteiger charge is -2.10. The number of rotatable bonds is 4. The number of aromatic nitrogens is 5. The van der Waals surface area contributed by atoms with Crippen molar-refractivity contribution in [3.63, 3.8) is 0 Å². The zero-order chi connectivity index (χ0) is 21.5. The van der Waals surface area contributed by atoms with Crippen LogP contribution in [-0.4, -0.2) is 30.3 Å². The number of nitrogens with zero attached hydrogens (tertiary/aromatic N) is 5. The average Bonchev–Trinajstić information content (AvgIpc) is 3.27. The van der Waals surface area contributed by atoms with E-state index in [-0.39, 0.29) is 23.6 Å². The normalized spacial score (nSPS) is 11.8. The van der Waals surface area contributed by atoms with Gasteiger partial charge in [0, 0.05) is 37.0 Å². The molecule has 4 rings (SSSR count). The Morgan fingerprint density at radius 2 is 1.87 bits per heavy atom. The van der Waals surface area contributed by atoms with Crippen LogP contribution in [0.2, 0.25) is 0 Å². The predicted molar refractivity (Wildman–Crippen MR) is 103 cm³/mol. The summed E-state index contributed by atoms with van der Waals surface area (Å²) in [6.07, 6.45) is -2.91. The third-order valence-corrected chi connectivity index (χ3v) is 4.57. The summed E-state index contributed by atoms with van der Waals surface area (Å²) in [5.74, 6) is -0.599. The van der Waals surface area contributed by atoms with Crippen molar-refractivity contribution in [1.82, 2.24) is 29.7 Å². The molecule has 0 fully saturated rings. The molecule has 30 heavy (non-hydrogen) atoms. The summed E-state index contributed by atoms with van der Waals surface area (Å²) < 4.78 is 43.2. The fraction of sp³-hybridized carbons (Fsp3) is 0.200. The fourth-order valence-electron chi connectivity index (χ4n) is 3.13. The van der Waals surface area contributed by atoms with Crippen LogP contribution in [0, 0.1) is 6.92 Å². The molecule has 0 saturated heterocycles. The van der Waals surface area contributed by atoms with Gasteiger partial charge in [0.25, 0.3) is 5.91 Å². The number of amides is 1. The van der Waals surface area contributed by atoms with Gasteiger partial charge in [-0.15, -0.1) is 0 Å². The maximum atomic E-state index is 13.6. The van der Waals surface area contributed by atoms with E-state index in [4.69, 9.17) is 0 Å².